The highest BCUT2D eigenvalue weighted by Gasteiger charge is 2.11. The number of nitrogens with zero attached hydrogens (tertiary/aromatic N) is 1. The second-order valence-electron chi connectivity index (χ2n) is 3.64. The monoisotopic (exact) mass is 230 g/mol. The zero-order chi connectivity index (χ0) is 12.1. The number of benzene rings is 1. The summed E-state index contributed by atoms with van der Waals surface area (Å²) in [6, 6.07) is 11.0. The number of aliphatic hydroxyl groups excluding tert-OH is 1. The number of nitrogen functional groups attached to an aromatic ring is 1. The molecule has 88 valence electrons. The van der Waals surface area contributed by atoms with Crippen LogP contribution in [0, 0.1) is 0 Å². The molecular weight excluding hydrogens is 216 g/mol. The van der Waals surface area contributed by atoms with Crippen LogP contribution in [0.5, 0.6) is 5.75 Å². The van der Waals surface area contributed by atoms with Crippen LogP contribution in [0.2, 0.25) is 0 Å². The summed E-state index contributed by atoms with van der Waals surface area (Å²) >= 11 is 0. The number of hydrogen-bond donors (Lipinski definition) is 2. The number of aromatic nitrogens is 1. The lowest BCUT2D eigenvalue weighted by molar-refractivity contribution is 0.108. The van der Waals surface area contributed by atoms with E-state index in [0.29, 0.717) is 17.0 Å². The summed E-state index contributed by atoms with van der Waals surface area (Å²) in [6.07, 6.45) is 2.36. The van der Waals surface area contributed by atoms with E-state index in [9.17, 15) is 5.11 Å². The molecule has 0 fully saturated rings. The van der Waals surface area contributed by atoms with Gasteiger partial charge < -0.3 is 15.6 Å². The molecule has 0 spiro atoms. The van der Waals surface area contributed by atoms with Gasteiger partial charge in [-0.1, -0.05) is 18.2 Å². The molecule has 1 aromatic carbocycles. The van der Waals surface area contributed by atoms with Crippen LogP contribution < -0.4 is 10.5 Å². The van der Waals surface area contributed by atoms with Gasteiger partial charge in [-0.3, -0.25) is 4.98 Å². The molecule has 0 aliphatic carbocycles. The van der Waals surface area contributed by atoms with Gasteiger partial charge in [0.1, 0.15) is 18.5 Å². The van der Waals surface area contributed by atoms with Crippen LogP contribution in [-0.4, -0.2) is 16.7 Å². The molecule has 2 aromatic rings. The summed E-state index contributed by atoms with van der Waals surface area (Å²) in [7, 11) is 0. The molecule has 4 heteroatoms. The fourth-order valence-corrected chi connectivity index (χ4v) is 1.48. The zero-order valence-corrected chi connectivity index (χ0v) is 9.28. The third kappa shape index (κ3) is 2.95. The van der Waals surface area contributed by atoms with E-state index in [1.54, 1.807) is 18.5 Å². The van der Waals surface area contributed by atoms with Gasteiger partial charge in [0.2, 0.25) is 0 Å². The van der Waals surface area contributed by atoms with Crippen molar-refractivity contribution in [2.24, 2.45) is 0 Å². The first-order valence-electron chi connectivity index (χ1n) is 5.32. The van der Waals surface area contributed by atoms with Crippen LogP contribution in [0.4, 0.5) is 5.69 Å². The standard InChI is InChI=1S/C13H14N2O2/c14-12-6-7-15-8-11(12)13(16)9-17-10-4-2-1-3-5-10/h1-8,13,16H,9H2,(H2,14,15). The van der Waals surface area contributed by atoms with Crippen molar-refractivity contribution < 1.29 is 9.84 Å². The minimum atomic E-state index is -0.774. The van der Waals surface area contributed by atoms with E-state index in [1.165, 1.54) is 0 Å². The fraction of sp³-hybridized carbons (Fsp3) is 0.154. The largest absolute Gasteiger partial charge is 0.491 e. The van der Waals surface area contributed by atoms with Crippen molar-refractivity contribution in [3.05, 3.63) is 54.4 Å². The molecule has 0 amide bonds. The Bertz CT molecular complexity index is 474. The topological polar surface area (TPSA) is 68.4 Å². The average Bonchev–Trinajstić information content (AvgIpc) is 2.38. The fourth-order valence-electron chi connectivity index (χ4n) is 1.48. The molecule has 1 aromatic heterocycles. The molecule has 3 N–H and O–H groups in total. The molecule has 1 heterocycles. The molecule has 0 aliphatic rings. The number of anilines is 1. The van der Waals surface area contributed by atoms with Gasteiger partial charge in [-0.2, -0.15) is 0 Å². The first kappa shape index (κ1) is 11.4. The molecule has 0 aliphatic heterocycles. The highest BCUT2D eigenvalue weighted by Crippen LogP contribution is 2.20. The van der Waals surface area contributed by atoms with E-state index in [-0.39, 0.29) is 6.61 Å². The molecule has 0 radical (unpaired) electrons. The predicted molar refractivity (Wildman–Crippen MR) is 65.5 cm³/mol. The van der Waals surface area contributed by atoms with Gasteiger partial charge >= 0.3 is 0 Å². The molecule has 0 saturated heterocycles. The van der Waals surface area contributed by atoms with Crippen molar-refractivity contribution >= 4 is 5.69 Å². The highest BCUT2D eigenvalue weighted by atomic mass is 16.5. The average molecular weight is 230 g/mol. The number of rotatable bonds is 4. The number of ether oxygens (including phenoxy) is 1. The Kier molecular flexibility index (Phi) is 3.57. The molecule has 4 nitrogen and oxygen atoms in total. The van der Waals surface area contributed by atoms with Crippen molar-refractivity contribution in [2.45, 2.75) is 6.10 Å². The molecule has 17 heavy (non-hydrogen) atoms. The maximum atomic E-state index is 9.92. The maximum absolute atomic E-state index is 9.92. The minimum absolute atomic E-state index is 0.153. The third-order valence-corrected chi connectivity index (χ3v) is 2.40. The summed E-state index contributed by atoms with van der Waals surface area (Å²) in [5.41, 5.74) is 6.84. The normalized spacial score (nSPS) is 12.1. The molecule has 0 saturated carbocycles. The molecule has 1 unspecified atom stereocenters. The summed E-state index contributed by atoms with van der Waals surface area (Å²) in [4.78, 5) is 3.93. The lowest BCUT2D eigenvalue weighted by atomic mass is 10.1. The summed E-state index contributed by atoms with van der Waals surface area (Å²) in [6.45, 7) is 0.153. The van der Waals surface area contributed by atoms with Crippen LogP contribution in [0.25, 0.3) is 0 Å². The first-order valence-corrected chi connectivity index (χ1v) is 5.32. The number of hydrogen-bond acceptors (Lipinski definition) is 4. The SMILES string of the molecule is Nc1ccncc1C(O)COc1ccccc1. The van der Waals surface area contributed by atoms with E-state index in [4.69, 9.17) is 10.5 Å². The second kappa shape index (κ2) is 5.32. The molecule has 0 bridgehead atoms. The van der Waals surface area contributed by atoms with Crippen molar-refractivity contribution in [1.82, 2.24) is 4.98 Å². The summed E-state index contributed by atoms with van der Waals surface area (Å²) in [5, 5.41) is 9.92. The Labute approximate surface area is 99.7 Å². The molecule has 2 rings (SSSR count). The van der Waals surface area contributed by atoms with Crippen LogP contribution in [-0.2, 0) is 0 Å². The lowest BCUT2D eigenvalue weighted by Crippen LogP contribution is -2.11. The van der Waals surface area contributed by atoms with Gasteiger partial charge in [-0.05, 0) is 18.2 Å². The summed E-state index contributed by atoms with van der Waals surface area (Å²) in [5.74, 6) is 0.717. The van der Waals surface area contributed by atoms with Gasteiger partial charge in [-0.25, -0.2) is 0 Å². The Morgan fingerprint density at radius 3 is 2.71 bits per heavy atom. The first-order chi connectivity index (χ1) is 8.27. The summed E-state index contributed by atoms with van der Waals surface area (Å²) < 4.78 is 5.44. The van der Waals surface area contributed by atoms with Crippen molar-refractivity contribution in [3.63, 3.8) is 0 Å². The van der Waals surface area contributed by atoms with E-state index in [0.717, 1.165) is 0 Å². The van der Waals surface area contributed by atoms with Crippen LogP contribution >= 0.6 is 0 Å². The zero-order valence-electron chi connectivity index (χ0n) is 9.28. The molecule has 1 atom stereocenters. The van der Waals surface area contributed by atoms with Crippen LogP contribution in [0.1, 0.15) is 11.7 Å². The van der Waals surface area contributed by atoms with Crippen molar-refractivity contribution in [1.29, 1.82) is 0 Å². The van der Waals surface area contributed by atoms with E-state index >= 15 is 0 Å². The Hall–Kier alpha value is -2.07. The van der Waals surface area contributed by atoms with Gasteiger partial charge in [0.25, 0.3) is 0 Å². The number of nitrogens with two attached hydrogens (primary N) is 1. The molecular formula is C13H14N2O2. The third-order valence-electron chi connectivity index (χ3n) is 2.40. The number of aliphatic hydroxyl groups is 1. The van der Waals surface area contributed by atoms with Crippen LogP contribution in [0.15, 0.2) is 48.8 Å². The lowest BCUT2D eigenvalue weighted by Gasteiger charge is -2.13. The second-order valence-corrected chi connectivity index (χ2v) is 3.64. The van der Waals surface area contributed by atoms with Gasteiger partial charge in [0.15, 0.2) is 0 Å². The number of pyridine rings is 1. The van der Waals surface area contributed by atoms with Gasteiger partial charge in [0.05, 0.1) is 0 Å². The quantitative estimate of drug-likeness (QED) is 0.840. The van der Waals surface area contributed by atoms with E-state index < -0.39 is 6.10 Å². The Balaban J connectivity index is 1.99. The van der Waals surface area contributed by atoms with Gasteiger partial charge in [0, 0.05) is 23.6 Å². The van der Waals surface area contributed by atoms with E-state index in [2.05, 4.69) is 4.98 Å². The number of para-hydroxylation sites is 1. The smallest absolute Gasteiger partial charge is 0.119 e. The Morgan fingerprint density at radius 2 is 2.00 bits per heavy atom. The Morgan fingerprint density at radius 1 is 1.24 bits per heavy atom. The maximum Gasteiger partial charge on any atom is 0.119 e. The van der Waals surface area contributed by atoms with Gasteiger partial charge in [-0.15, -0.1) is 0 Å². The van der Waals surface area contributed by atoms with Crippen molar-refractivity contribution in [2.75, 3.05) is 12.3 Å². The predicted octanol–water partition coefficient (Wildman–Crippen LogP) is 1.78. The van der Waals surface area contributed by atoms with E-state index in [1.807, 2.05) is 30.3 Å². The minimum Gasteiger partial charge on any atom is -0.491 e. The van der Waals surface area contributed by atoms with Crippen LogP contribution in [0.3, 0.4) is 0 Å². The van der Waals surface area contributed by atoms with Crippen molar-refractivity contribution in [3.8, 4) is 5.75 Å². The highest BCUT2D eigenvalue weighted by molar-refractivity contribution is 5.45.